The van der Waals surface area contributed by atoms with Gasteiger partial charge in [-0.15, -0.1) is 0 Å². The largest absolute Gasteiger partial charge is 0.446 e. The third-order valence-corrected chi connectivity index (χ3v) is 18.5. The van der Waals surface area contributed by atoms with E-state index in [1.807, 2.05) is 0 Å². The Morgan fingerprint density at radius 3 is 2.07 bits per heavy atom. The van der Waals surface area contributed by atoms with Gasteiger partial charge in [0.2, 0.25) is 0 Å². The van der Waals surface area contributed by atoms with Gasteiger partial charge in [-0.05, 0) is 110 Å². The quantitative estimate of drug-likeness (QED) is 0.147. The highest BCUT2D eigenvalue weighted by molar-refractivity contribution is 5.86. The van der Waals surface area contributed by atoms with Crippen LogP contribution in [0.15, 0.2) is 48.5 Å². The van der Waals surface area contributed by atoms with E-state index in [0.717, 1.165) is 44.2 Å². The van der Waals surface area contributed by atoms with Crippen LogP contribution in [-0.2, 0) is 42.7 Å². The Kier molecular flexibility index (Phi) is 14.8. The molecule has 2 aromatic carbocycles. The molecule has 4 heterocycles. The Hall–Kier alpha value is -3.93. The number of rotatable bonds is 10. The van der Waals surface area contributed by atoms with Crippen LogP contribution in [0.3, 0.4) is 0 Å². The highest BCUT2D eigenvalue weighted by Crippen LogP contribution is 2.70. The minimum Gasteiger partial charge on any atom is -0.446 e. The van der Waals surface area contributed by atoms with Crippen molar-refractivity contribution in [2.24, 2.45) is 52.3 Å². The van der Waals surface area contributed by atoms with E-state index in [-0.39, 0.29) is 57.9 Å². The molecule has 18 nitrogen and oxygen atoms in total. The zero-order valence-corrected chi connectivity index (χ0v) is 41.6. The topological polar surface area (TPSA) is 250 Å². The van der Waals surface area contributed by atoms with E-state index in [1.165, 1.54) is 36.4 Å². The number of hydrogen-bond donors (Lipinski definition) is 7. The summed E-state index contributed by atoms with van der Waals surface area (Å²) in [5, 5.41) is 60.8. The predicted molar refractivity (Wildman–Crippen MR) is 252 cm³/mol. The highest BCUT2D eigenvalue weighted by Gasteiger charge is 2.71. The number of aliphatic hydroxyl groups excluding tert-OH is 5. The van der Waals surface area contributed by atoms with E-state index < -0.39 is 110 Å². The molecule has 22 atom stereocenters. The van der Waals surface area contributed by atoms with Gasteiger partial charge in [0.05, 0.1) is 36.8 Å². The van der Waals surface area contributed by atoms with E-state index in [1.54, 1.807) is 0 Å². The predicted octanol–water partition coefficient (Wildman–Crippen LogP) is 5.41. The molecule has 0 aromatic heterocycles. The van der Waals surface area contributed by atoms with Crippen LogP contribution in [0.1, 0.15) is 85.5 Å². The second kappa shape index (κ2) is 20.5. The third-order valence-electron chi connectivity index (χ3n) is 18.5. The molecule has 7 N–H and O–H groups in total. The number of ether oxygens (including phenoxy) is 8. The van der Waals surface area contributed by atoms with Crippen LogP contribution in [0.25, 0.3) is 0 Å². The van der Waals surface area contributed by atoms with Gasteiger partial charge < -0.3 is 63.4 Å². The molecule has 4 saturated heterocycles. The minimum atomic E-state index is -2.04. The van der Waals surface area contributed by atoms with Crippen molar-refractivity contribution in [3.8, 4) is 0 Å². The van der Waals surface area contributed by atoms with Crippen LogP contribution in [0, 0.1) is 63.9 Å². The molecule has 2 amide bonds. The fourth-order valence-electron chi connectivity index (χ4n) is 14.8. The normalized spacial score (nSPS) is 45.1. The summed E-state index contributed by atoms with van der Waals surface area (Å²) in [4.78, 5) is 40.4. The van der Waals surface area contributed by atoms with Crippen LogP contribution in [0.5, 0.6) is 0 Å². The van der Waals surface area contributed by atoms with Crippen LogP contribution in [0.4, 0.5) is 29.7 Å². The summed E-state index contributed by atoms with van der Waals surface area (Å²) in [6, 6.07) is 10.4. The van der Waals surface area contributed by atoms with Gasteiger partial charge in [-0.1, -0.05) is 52.0 Å². The zero-order chi connectivity index (χ0) is 51.7. The number of carbonyl (C=O) groups is 3. The smallest absolute Gasteiger partial charge is 0.412 e. The van der Waals surface area contributed by atoms with Crippen LogP contribution < -0.4 is 10.6 Å². The first-order chi connectivity index (χ1) is 34.8. The van der Waals surface area contributed by atoms with E-state index >= 15 is 0 Å². The number of benzene rings is 2. The number of halogens is 2. The molecule has 8 fully saturated rings. The van der Waals surface area contributed by atoms with Gasteiger partial charge in [0, 0.05) is 24.7 Å². The lowest BCUT2D eigenvalue weighted by Crippen LogP contribution is -2.65. The number of para-hydroxylation sites is 2. The fraction of sp³-hybridized carbons (Fsp3) is 0.717. The first-order valence-electron chi connectivity index (χ1n) is 26.0. The molecule has 0 radical (unpaired) electrons. The number of carbonyl (C=O) groups excluding carboxylic acids is 3. The van der Waals surface area contributed by atoms with Crippen molar-refractivity contribution in [3.05, 3.63) is 60.2 Å². The van der Waals surface area contributed by atoms with Gasteiger partial charge in [-0.2, -0.15) is 0 Å². The number of hydrogen-bond acceptors (Lipinski definition) is 16. The van der Waals surface area contributed by atoms with Crippen LogP contribution in [0.2, 0.25) is 0 Å². The monoisotopic (exact) mass is 1030 g/mol. The Morgan fingerprint density at radius 2 is 1.41 bits per heavy atom. The van der Waals surface area contributed by atoms with Crippen LogP contribution >= 0.6 is 0 Å². The van der Waals surface area contributed by atoms with E-state index in [0.29, 0.717) is 49.9 Å². The first-order valence-corrected chi connectivity index (χ1v) is 26.0. The fourth-order valence-corrected chi connectivity index (χ4v) is 14.8. The molecular weight excluding hydrogens is 959 g/mol. The minimum absolute atomic E-state index is 0.0725. The molecule has 2 unspecified atom stereocenters. The van der Waals surface area contributed by atoms with Gasteiger partial charge in [0.15, 0.2) is 24.5 Å². The summed E-state index contributed by atoms with van der Waals surface area (Å²) in [5.41, 5.74) is -0.922. The first kappa shape index (κ1) is 52.5. The molecule has 0 bridgehead atoms. The second-order valence-corrected chi connectivity index (χ2v) is 22.7. The van der Waals surface area contributed by atoms with E-state index in [9.17, 15) is 48.7 Å². The average Bonchev–Trinajstić information content (AvgIpc) is 3.80. The SMILES string of the molecule is C[C@@H]1CC[C@@]2(OC1)OC1C[C@H]3[C@@H]4CC[C@H]5C[C@@H](O[C@@H]6O[C@H](CO)[C@@H](O[C@@H]7O[C@H](COC(=O)Nc8ccccc8F)[C@@H](OC(=O)Nc8ccccc8F)[C@H](O)[C@H]7O)[C@H](O)[C@H]6O)CC[C@]5(C)[C@H]4C(=O)C[C@]3(C)C1[C@@H]2C. The number of nitrogens with one attached hydrogen (secondary N) is 2. The molecule has 73 heavy (non-hydrogen) atoms. The Morgan fingerprint density at radius 1 is 0.767 bits per heavy atom. The van der Waals surface area contributed by atoms with Crippen LogP contribution in [-0.4, -0.2) is 143 Å². The number of aliphatic hydroxyl groups is 5. The van der Waals surface area contributed by atoms with Crippen molar-refractivity contribution in [2.75, 3.05) is 30.5 Å². The molecule has 20 heteroatoms. The lowest BCUT2D eigenvalue weighted by atomic mass is 9.44. The summed E-state index contributed by atoms with van der Waals surface area (Å²) >= 11 is 0. The zero-order valence-electron chi connectivity index (χ0n) is 41.6. The van der Waals surface area contributed by atoms with Crippen molar-refractivity contribution < 1.29 is 86.6 Å². The van der Waals surface area contributed by atoms with Crippen molar-refractivity contribution in [2.45, 2.75) is 165 Å². The highest BCUT2D eigenvalue weighted by atomic mass is 19.1. The Labute approximate surface area is 422 Å². The number of anilines is 2. The second-order valence-electron chi connectivity index (χ2n) is 22.7. The summed E-state index contributed by atoms with van der Waals surface area (Å²) in [7, 11) is 0. The number of amides is 2. The van der Waals surface area contributed by atoms with Gasteiger partial charge in [-0.25, -0.2) is 18.4 Å². The van der Waals surface area contributed by atoms with Gasteiger partial charge in [0.1, 0.15) is 66.8 Å². The molecule has 4 aliphatic carbocycles. The average molecular weight is 1030 g/mol. The van der Waals surface area contributed by atoms with Crippen molar-refractivity contribution in [1.29, 1.82) is 0 Å². The number of ketones is 1. The van der Waals surface area contributed by atoms with Crippen molar-refractivity contribution >= 4 is 29.3 Å². The van der Waals surface area contributed by atoms with Crippen molar-refractivity contribution in [3.63, 3.8) is 0 Å². The summed E-state index contributed by atoms with van der Waals surface area (Å²) in [6.45, 7) is 8.23. The summed E-state index contributed by atoms with van der Waals surface area (Å²) in [6.07, 6.45) is -13.1. The lowest BCUT2D eigenvalue weighted by molar-refractivity contribution is -0.363. The maximum atomic E-state index is 14.7. The molecule has 2 aromatic rings. The molecule has 4 aliphatic heterocycles. The van der Waals surface area contributed by atoms with Gasteiger partial charge in [0.25, 0.3) is 0 Å². The summed E-state index contributed by atoms with van der Waals surface area (Å²) in [5.74, 6) is -0.159. The maximum absolute atomic E-state index is 14.7. The molecule has 402 valence electrons. The molecule has 8 aliphatic rings. The van der Waals surface area contributed by atoms with Gasteiger partial charge in [-0.3, -0.25) is 15.4 Å². The standard InChI is InChI=1S/C53H70F2N2O16/c1-25-15-18-53(67-23-25)26(2)39-36(73-53)20-30-29-14-13-27-19-28(16-17-51(27,3)40(29)35(59)21-52(30,39)4)68-47-43(62)41(60)45(37(22-58)69-47)71-48-44(63)42(61)46(72-50(65)57-34-12-8-6-10-32(34)55)38(70-48)24-66-49(64)56-33-11-7-5-9-31(33)54/h5-12,25-30,36-48,58,60-63H,13-24H2,1-4H3,(H,56,64)(H,57,65)/t25-,26+,27+,28+,29+,30+,36?,37-,38-,39?,40-,41-,42-,43-,44-,45-,46-,47-,48+,51+,52+,53-/m1/s1. The number of fused-ring (bicyclic) bond motifs is 7. The molecule has 10 rings (SSSR count). The number of Topliss-reactive ketones (excluding diaryl/α,β-unsaturated/α-hetero) is 1. The van der Waals surface area contributed by atoms with E-state index in [4.69, 9.17) is 37.9 Å². The maximum Gasteiger partial charge on any atom is 0.412 e. The van der Waals surface area contributed by atoms with Crippen molar-refractivity contribution in [1.82, 2.24) is 0 Å². The molecular formula is C53H70F2N2O16. The Balaban J connectivity index is 0.775. The third kappa shape index (κ3) is 9.59. The molecule has 4 saturated carbocycles. The van der Waals surface area contributed by atoms with E-state index in [2.05, 4.69) is 38.3 Å². The Bertz CT molecular complexity index is 2340. The van der Waals surface area contributed by atoms with Gasteiger partial charge >= 0.3 is 12.2 Å². The lowest BCUT2D eigenvalue weighted by Gasteiger charge is -2.60. The molecule has 1 spiro atoms. The summed E-state index contributed by atoms with van der Waals surface area (Å²) < 4.78 is 77.1.